The highest BCUT2D eigenvalue weighted by Gasteiger charge is 2.43. The van der Waals surface area contributed by atoms with Crippen LogP contribution in [-0.4, -0.2) is 6.61 Å². The molecule has 0 aliphatic carbocycles. The normalized spacial score (nSPS) is 24.5. The lowest BCUT2D eigenvalue weighted by Gasteiger charge is -2.39. The van der Waals surface area contributed by atoms with Crippen molar-refractivity contribution in [2.24, 2.45) is 5.92 Å². The largest absolute Gasteiger partial charge is 0.493 e. The predicted molar refractivity (Wildman–Crippen MR) is 79.6 cm³/mol. The maximum atomic E-state index is 9.82. The molecule has 2 unspecified atom stereocenters. The molecule has 102 valence electrons. The summed E-state index contributed by atoms with van der Waals surface area (Å²) in [5.74, 6) is 0.910. The van der Waals surface area contributed by atoms with Crippen LogP contribution < -0.4 is 10.1 Å². The van der Waals surface area contributed by atoms with Crippen molar-refractivity contribution in [1.82, 2.24) is 5.32 Å². The molecule has 0 spiro atoms. The van der Waals surface area contributed by atoms with Gasteiger partial charge in [-0.25, -0.2) is 0 Å². The minimum Gasteiger partial charge on any atom is -0.493 e. The fourth-order valence-corrected chi connectivity index (χ4v) is 3.29. The van der Waals surface area contributed by atoms with Gasteiger partial charge in [0.1, 0.15) is 11.3 Å². The first-order chi connectivity index (χ1) is 9.76. The molecule has 0 amide bonds. The van der Waals surface area contributed by atoms with Gasteiger partial charge in [-0.05, 0) is 17.5 Å². The number of benzene rings is 1. The summed E-state index contributed by atoms with van der Waals surface area (Å²) in [6.07, 6.45) is 0. The van der Waals surface area contributed by atoms with Gasteiger partial charge in [0.15, 0.2) is 0 Å². The fraction of sp³-hybridized carbons (Fsp3) is 0.312. The molecule has 20 heavy (non-hydrogen) atoms. The standard InChI is InChI=1S/C16H16N2OS/c1-12-10-19-15-7-3-2-6-14(15)16(12,11-17)18-9-13-5-4-8-20-13/h2-8,12,18H,9-10H2,1H3. The van der Waals surface area contributed by atoms with Gasteiger partial charge < -0.3 is 4.74 Å². The summed E-state index contributed by atoms with van der Waals surface area (Å²) in [5, 5.41) is 15.3. The number of fused-ring (bicyclic) bond motifs is 1. The van der Waals surface area contributed by atoms with Gasteiger partial charge in [-0.1, -0.05) is 31.2 Å². The Morgan fingerprint density at radius 2 is 2.25 bits per heavy atom. The molecule has 2 heterocycles. The molecule has 1 aromatic carbocycles. The van der Waals surface area contributed by atoms with E-state index < -0.39 is 5.54 Å². The second-order valence-electron chi connectivity index (χ2n) is 5.06. The zero-order valence-corrected chi connectivity index (χ0v) is 12.1. The maximum absolute atomic E-state index is 9.82. The Hall–Kier alpha value is -1.83. The summed E-state index contributed by atoms with van der Waals surface area (Å²) in [6, 6.07) is 14.4. The SMILES string of the molecule is CC1COc2ccccc2C1(C#N)NCc1cccs1. The van der Waals surface area contributed by atoms with Crippen molar-refractivity contribution in [2.45, 2.75) is 19.0 Å². The zero-order chi connectivity index (χ0) is 14.0. The molecule has 0 saturated heterocycles. The number of ether oxygens (including phenoxy) is 1. The smallest absolute Gasteiger partial charge is 0.141 e. The first-order valence-corrected chi connectivity index (χ1v) is 7.55. The molecule has 1 aliphatic rings. The van der Waals surface area contributed by atoms with Gasteiger partial charge in [-0.2, -0.15) is 5.26 Å². The molecule has 0 fully saturated rings. The summed E-state index contributed by atoms with van der Waals surface area (Å²) in [5.41, 5.74) is 0.261. The summed E-state index contributed by atoms with van der Waals surface area (Å²) in [7, 11) is 0. The van der Waals surface area contributed by atoms with Crippen LogP contribution in [0.15, 0.2) is 41.8 Å². The van der Waals surface area contributed by atoms with E-state index in [0.717, 1.165) is 11.3 Å². The molecule has 1 aromatic heterocycles. The molecule has 4 heteroatoms. The Morgan fingerprint density at radius 3 is 3.00 bits per heavy atom. The van der Waals surface area contributed by atoms with E-state index >= 15 is 0 Å². The van der Waals surface area contributed by atoms with Crippen molar-refractivity contribution in [1.29, 1.82) is 5.26 Å². The monoisotopic (exact) mass is 284 g/mol. The highest BCUT2D eigenvalue weighted by molar-refractivity contribution is 7.09. The number of nitriles is 1. The molecule has 3 rings (SSSR count). The van der Waals surface area contributed by atoms with Crippen LogP contribution in [0.25, 0.3) is 0 Å². The van der Waals surface area contributed by atoms with Crippen LogP contribution >= 0.6 is 11.3 Å². The third-order valence-corrected chi connectivity index (χ3v) is 4.71. The third kappa shape index (κ3) is 2.09. The number of nitrogens with zero attached hydrogens (tertiary/aromatic N) is 1. The first-order valence-electron chi connectivity index (χ1n) is 6.67. The molecule has 3 nitrogen and oxygen atoms in total. The summed E-state index contributed by atoms with van der Waals surface area (Å²) >= 11 is 1.70. The van der Waals surface area contributed by atoms with Crippen LogP contribution in [0.3, 0.4) is 0 Å². The number of thiophene rings is 1. The molecule has 0 radical (unpaired) electrons. The Labute approximate surface area is 122 Å². The second-order valence-corrected chi connectivity index (χ2v) is 6.09. The van der Waals surface area contributed by atoms with E-state index in [4.69, 9.17) is 4.74 Å². The third-order valence-electron chi connectivity index (χ3n) is 3.84. The molecule has 0 saturated carbocycles. The van der Waals surface area contributed by atoms with Crippen LogP contribution in [0.1, 0.15) is 17.4 Å². The van der Waals surface area contributed by atoms with Crippen molar-refractivity contribution in [2.75, 3.05) is 6.61 Å². The van der Waals surface area contributed by atoms with Crippen LogP contribution in [0.4, 0.5) is 0 Å². The minimum atomic E-state index is -0.682. The first kappa shape index (κ1) is 13.2. The van der Waals surface area contributed by atoms with Crippen molar-refractivity contribution < 1.29 is 4.74 Å². The van der Waals surface area contributed by atoms with E-state index in [1.807, 2.05) is 30.3 Å². The van der Waals surface area contributed by atoms with Crippen LogP contribution in [0, 0.1) is 17.2 Å². The van der Waals surface area contributed by atoms with Crippen molar-refractivity contribution >= 4 is 11.3 Å². The molecule has 1 aliphatic heterocycles. The van der Waals surface area contributed by atoms with E-state index in [1.54, 1.807) is 11.3 Å². The average Bonchev–Trinajstić information content (AvgIpc) is 3.00. The molecule has 1 N–H and O–H groups in total. The van der Waals surface area contributed by atoms with Gasteiger partial charge in [0.25, 0.3) is 0 Å². The lowest BCUT2D eigenvalue weighted by atomic mass is 9.78. The topological polar surface area (TPSA) is 45.0 Å². The molecule has 2 aromatic rings. The summed E-state index contributed by atoms with van der Waals surface area (Å²) < 4.78 is 5.74. The van der Waals surface area contributed by atoms with E-state index in [2.05, 4.69) is 29.8 Å². The number of hydrogen-bond donors (Lipinski definition) is 1. The van der Waals surface area contributed by atoms with Crippen molar-refractivity contribution in [3.63, 3.8) is 0 Å². The number of para-hydroxylation sites is 1. The minimum absolute atomic E-state index is 0.0994. The van der Waals surface area contributed by atoms with E-state index in [1.165, 1.54) is 4.88 Å². The predicted octanol–water partition coefficient (Wildman–Crippen LogP) is 3.29. The number of rotatable bonds is 3. The van der Waals surface area contributed by atoms with E-state index in [-0.39, 0.29) is 5.92 Å². The van der Waals surface area contributed by atoms with E-state index in [0.29, 0.717) is 13.2 Å². The fourth-order valence-electron chi connectivity index (χ4n) is 2.64. The van der Waals surface area contributed by atoms with Crippen molar-refractivity contribution in [3.05, 3.63) is 52.2 Å². The molecule has 2 atom stereocenters. The highest BCUT2D eigenvalue weighted by atomic mass is 32.1. The van der Waals surface area contributed by atoms with Gasteiger partial charge in [0.2, 0.25) is 0 Å². The maximum Gasteiger partial charge on any atom is 0.141 e. The Kier molecular flexibility index (Phi) is 3.47. The Balaban J connectivity index is 1.96. The van der Waals surface area contributed by atoms with Crippen LogP contribution in [0.2, 0.25) is 0 Å². The highest BCUT2D eigenvalue weighted by Crippen LogP contribution is 2.40. The van der Waals surface area contributed by atoms with Crippen LogP contribution in [-0.2, 0) is 12.1 Å². The second kappa shape index (κ2) is 5.28. The van der Waals surface area contributed by atoms with Crippen molar-refractivity contribution in [3.8, 4) is 11.8 Å². The molecular formula is C16H16N2OS. The number of hydrogen-bond acceptors (Lipinski definition) is 4. The van der Waals surface area contributed by atoms with E-state index in [9.17, 15) is 5.26 Å². The van der Waals surface area contributed by atoms with Gasteiger partial charge in [0.05, 0.1) is 12.7 Å². The van der Waals surface area contributed by atoms with Gasteiger partial charge >= 0.3 is 0 Å². The zero-order valence-electron chi connectivity index (χ0n) is 11.3. The summed E-state index contributed by atoms with van der Waals surface area (Å²) in [4.78, 5) is 1.23. The summed E-state index contributed by atoms with van der Waals surface area (Å²) in [6.45, 7) is 3.31. The molecular weight excluding hydrogens is 268 g/mol. The Morgan fingerprint density at radius 1 is 1.40 bits per heavy atom. The lowest BCUT2D eigenvalue weighted by molar-refractivity contribution is 0.149. The average molecular weight is 284 g/mol. The van der Waals surface area contributed by atoms with Gasteiger partial charge in [-0.3, -0.25) is 5.32 Å². The molecule has 0 bridgehead atoms. The lowest BCUT2D eigenvalue weighted by Crippen LogP contribution is -2.50. The quantitative estimate of drug-likeness (QED) is 0.940. The van der Waals surface area contributed by atoms with Gasteiger partial charge in [-0.15, -0.1) is 11.3 Å². The van der Waals surface area contributed by atoms with Crippen LogP contribution in [0.5, 0.6) is 5.75 Å². The Bertz CT molecular complexity index is 632. The number of nitrogens with one attached hydrogen (secondary N) is 1. The van der Waals surface area contributed by atoms with Gasteiger partial charge in [0, 0.05) is 22.9 Å².